The summed E-state index contributed by atoms with van der Waals surface area (Å²) < 4.78 is 5.45. The predicted octanol–water partition coefficient (Wildman–Crippen LogP) is 4.22. The number of nitrogens with one attached hydrogen (secondary N) is 2. The summed E-state index contributed by atoms with van der Waals surface area (Å²) in [5, 5.41) is 1.28. The fourth-order valence-corrected chi connectivity index (χ4v) is 4.24. The van der Waals surface area contributed by atoms with E-state index >= 15 is 0 Å². The summed E-state index contributed by atoms with van der Waals surface area (Å²) in [5.41, 5.74) is 6.78. The van der Waals surface area contributed by atoms with Crippen molar-refractivity contribution in [2.45, 2.75) is 12.8 Å². The highest BCUT2D eigenvalue weighted by atomic mass is 35.5. The number of hydrazine groups is 1. The van der Waals surface area contributed by atoms with Crippen LogP contribution in [-0.2, 0) is 4.79 Å². The third-order valence-electron chi connectivity index (χ3n) is 5.94. The lowest BCUT2D eigenvalue weighted by Gasteiger charge is -2.32. The molecule has 172 valence electrons. The van der Waals surface area contributed by atoms with Crippen LogP contribution in [0.2, 0.25) is 5.02 Å². The average molecular weight is 476 g/mol. The van der Waals surface area contributed by atoms with Gasteiger partial charge in [0.15, 0.2) is 5.76 Å². The number of amides is 2. The normalized spacial score (nSPS) is 14.2. The second-order valence-electron chi connectivity index (χ2n) is 8.09. The lowest BCUT2D eigenvalue weighted by molar-refractivity contribution is -0.126. The minimum absolute atomic E-state index is 0.197. The number of aromatic nitrogens is 2. The van der Waals surface area contributed by atoms with Crippen LogP contribution in [0.25, 0.3) is 22.4 Å². The van der Waals surface area contributed by atoms with Crippen molar-refractivity contribution in [3.63, 3.8) is 0 Å². The zero-order valence-corrected chi connectivity index (χ0v) is 19.0. The van der Waals surface area contributed by atoms with Gasteiger partial charge in [-0.2, -0.15) is 0 Å². The van der Waals surface area contributed by atoms with Crippen LogP contribution in [0, 0.1) is 5.92 Å². The van der Waals surface area contributed by atoms with E-state index < -0.39 is 5.91 Å². The Morgan fingerprint density at radius 1 is 1.03 bits per heavy atom. The number of para-hydroxylation sites is 1. The van der Waals surface area contributed by atoms with Gasteiger partial charge in [0, 0.05) is 30.6 Å². The number of hydrogen-bond donors (Lipinski definition) is 2. The number of fused-ring (bicyclic) bond motifs is 1. The molecule has 8 nitrogen and oxygen atoms in total. The lowest BCUT2D eigenvalue weighted by Crippen LogP contribution is -2.47. The van der Waals surface area contributed by atoms with E-state index in [0.29, 0.717) is 58.9 Å². The quantitative estimate of drug-likeness (QED) is 0.429. The Labute approximate surface area is 200 Å². The first-order valence-corrected chi connectivity index (χ1v) is 11.4. The molecule has 1 aliphatic heterocycles. The van der Waals surface area contributed by atoms with Crippen molar-refractivity contribution < 1.29 is 14.0 Å². The van der Waals surface area contributed by atoms with E-state index in [9.17, 15) is 9.59 Å². The molecule has 4 aromatic rings. The standard InChI is InChI=1S/C25H22ClN5O3/c26-17-7-8-23(27-15-17)31-11-9-16(10-12-31)24(32)29-30-25(33)19-14-21(22-6-3-13-34-22)28-20-5-2-1-4-18(19)20/h1-8,13-16H,9-12H2,(H,29,32)(H,30,33). The van der Waals surface area contributed by atoms with Gasteiger partial charge in [-0.25, -0.2) is 9.97 Å². The molecule has 9 heteroatoms. The first-order valence-electron chi connectivity index (χ1n) is 11.0. The van der Waals surface area contributed by atoms with Crippen molar-refractivity contribution in [2.24, 2.45) is 5.92 Å². The van der Waals surface area contributed by atoms with Gasteiger partial charge in [-0.1, -0.05) is 29.8 Å². The molecule has 3 aromatic heterocycles. The van der Waals surface area contributed by atoms with E-state index in [4.69, 9.17) is 16.0 Å². The van der Waals surface area contributed by atoms with Crippen LogP contribution in [0.5, 0.6) is 0 Å². The number of furan rings is 1. The topological polar surface area (TPSA) is 100 Å². The first kappa shape index (κ1) is 21.9. The highest BCUT2D eigenvalue weighted by Crippen LogP contribution is 2.26. The van der Waals surface area contributed by atoms with Gasteiger partial charge >= 0.3 is 0 Å². The molecule has 0 unspecified atom stereocenters. The van der Waals surface area contributed by atoms with Crippen LogP contribution in [0.15, 0.2) is 71.5 Å². The van der Waals surface area contributed by atoms with Crippen molar-refractivity contribution in [1.29, 1.82) is 0 Å². The third-order valence-corrected chi connectivity index (χ3v) is 6.16. The number of nitrogens with zero attached hydrogens (tertiary/aromatic N) is 3. The van der Waals surface area contributed by atoms with Gasteiger partial charge in [0.2, 0.25) is 5.91 Å². The lowest BCUT2D eigenvalue weighted by atomic mass is 9.96. The largest absolute Gasteiger partial charge is 0.463 e. The van der Waals surface area contributed by atoms with Gasteiger partial charge in [0.05, 0.1) is 22.4 Å². The minimum Gasteiger partial charge on any atom is -0.463 e. The van der Waals surface area contributed by atoms with Crippen LogP contribution in [0.3, 0.4) is 0 Å². The average Bonchev–Trinajstić information content (AvgIpc) is 3.42. The van der Waals surface area contributed by atoms with Crippen molar-refractivity contribution in [2.75, 3.05) is 18.0 Å². The summed E-state index contributed by atoms with van der Waals surface area (Å²) >= 11 is 5.91. The molecule has 0 spiro atoms. The number of carbonyl (C=O) groups is 2. The second-order valence-corrected chi connectivity index (χ2v) is 8.53. The molecule has 1 saturated heterocycles. The van der Waals surface area contributed by atoms with E-state index in [-0.39, 0.29) is 11.8 Å². The number of carbonyl (C=O) groups excluding carboxylic acids is 2. The van der Waals surface area contributed by atoms with E-state index in [0.717, 1.165) is 5.82 Å². The van der Waals surface area contributed by atoms with Gasteiger partial charge < -0.3 is 9.32 Å². The van der Waals surface area contributed by atoms with Crippen LogP contribution >= 0.6 is 11.6 Å². The van der Waals surface area contributed by atoms with E-state index in [2.05, 4.69) is 25.7 Å². The maximum absolute atomic E-state index is 13.0. The fraction of sp³-hybridized carbons (Fsp3) is 0.200. The molecule has 4 heterocycles. The second kappa shape index (κ2) is 9.52. The molecule has 1 fully saturated rings. The number of pyridine rings is 2. The van der Waals surface area contributed by atoms with E-state index in [1.165, 1.54) is 0 Å². The van der Waals surface area contributed by atoms with Crippen molar-refractivity contribution in [3.05, 3.63) is 77.6 Å². The molecule has 34 heavy (non-hydrogen) atoms. The van der Waals surface area contributed by atoms with Crippen molar-refractivity contribution >= 4 is 40.1 Å². The fourth-order valence-electron chi connectivity index (χ4n) is 4.13. The summed E-state index contributed by atoms with van der Waals surface area (Å²) in [6.07, 6.45) is 4.49. The highest BCUT2D eigenvalue weighted by Gasteiger charge is 2.26. The Balaban J connectivity index is 1.24. The van der Waals surface area contributed by atoms with Crippen molar-refractivity contribution in [3.8, 4) is 11.5 Å². The molecule has 5 rings (SSSR count). The maximum Gasteiger partial charge on any atom is 0.270 e. The van der Waals surface area contributed by atoms with Gasteiger partial charge in [0.1, 0.15) is 11.5 Å². The van der Waals surface area contributed by atoms with Gasteiger partial charge in [-0.15, -0.1) is 0 Å². The Morgan fingerprint density at radius 2 is 1.85 bits per heavy atom. The maximum atomic E-state index is 13.0. The number of rotatable bonds is 4. The number of anilines is 1. The number of piperidine rings is 1. The molecular formula is C25H22ClN5O3. The minimum atomic E-state index is -0.414. The van der Waals surface area contributed by atoms with Crippen LogP contribution in [0.4, 0.5) is 5.82 Å². The first-order chi connectivity index (χ1) is 16.6. The van der Waals surface area contributed by atoms with Gasteiger partial charge in [-0.05, 0) is 49.2 Å². The van der Waals surface area contributed by atoms with Gasteiger partial charge in [0.25, 0.3) is 5.91 Å². The summed E-state index contributed by atoms with van der Waals surface area (Å²) in [6.45, 7) is 1.39. The van der Waals surface area contributed by atoms with E-state index in [1.807, 2.05) is 30.3 Å². The Morgan fingerprint density at radius 3 is 2.59 bits per heavy atom. The molecule has 0 saturated carbocycles. The van der Waals surface area contributed by atoms with Crippen LogP contribution in [0.1, 0.15) is 23.2 Å². The number of hydrogen-bond acceptors (Lipinski definition) is 6. The summed E-state index contributed by atoms with van der Waals surface area (Å²) in [7, 11) is 0. The summed E-state index contributed by atoms with van der Waals surface area (Å²) in [5.74, 6) is 0.584. The zero-order chi connectivity index (χ0) is 23.5. The molecule has 2 N–H and O–H groups in total. The molecule has 0 atom stereocenters. The Hall–Kier alpha value is -3.91. The van der Waals surface area contributed by atoms with Gasteiger partial charge in [-0.3, -0.25) is 20.4 Å². The van der Waals surface area contributed by atoms with E-state index in [1.54, 1.807) is 36.7 Å². The smallest absolute Gasteiger partial charge is 0.270 e. The molecule has 2 amide bonds. The SMILES string of the molecule is O=C(NNC(=O)C1CCN(c2ccc(Cl)cn2)CC1)c1cc(-c2ccco2)nc2ccccc12. The van der Waals surface area contributed by atoms with Crippen molar-refractivity contribution in [1.82, 2.24) is 20.8 Å². The zero-order valence-electron chi connectivity index (χ0n) is 18.2. The summed E-state index contributed by atoms with van der Waals surface area (Å²) in [4.78, 5) is 36.8. The molecule has 0 bridgehead atoms. The Kier molecular flexibility index (Phi) is 6.14. The van der Waals surface area contributed by atoms with Crippen LogP contribution < -0.4 is 15.8 Å². The number of halogens is 1. The number of benzene rings is 1. The molecule has 1 aliphatic rings. The summed E-state index contributed by atoms with van der Waals surface area (Å²) in [6, 6.07) is 16.3. The third kappa shape index (κ3) is 4.58. The van der Waals surface area contributed by atoms with Crippen LogP contribution in [-0.4, -0.2) is 34.9 Å². The molecular weight excluding hydrogens is 454 g/mol. The molecule has 0 aliphatic carbocycles. The monoisotopic (exact) mass is 475 g/mol. The highest BCUT2D eigenvalue weighted by molar-refractivity contribution is 6.30. The molecule has 1 aromatic carbocycles. The predicted molar refractivity (Wildman–Crippen MR) is 129 cm³/mol. The molecule has 0 radical (unpaired) electrons. The Bertz CT molecular complexity index is 1320.